The molecule has 9 heteroatoms. The summed E-state index contributed by atoms with van der Waals surface area (Å²) in [5, 5.41) is 7.85. The van der Waals surface area contributed by atoms with Crippen molar-refractivity contribution in [3.63, 3.8) is 0 Å². The van der Waals surface area contributed by atoms with Crippen LogP contribution >= 0.6 is 0 Å². The second-order valence-electron chi connectivity index (χ2n) is 5.62. The quantitative estimate of drug-likeness (QED) is 0.784. The van der Waals surface area contributed by atoms with Crippen LogP contribution in [0.25, 0.3) is 0 Å². The summed E-state index contributed by atoms with van der Waals surface area (Å²) in [6.07, 6.45) is 1.88. The van der Waals surface area contributed by atoms with Gasteiger partial charge in [-0.15, -0.1) is 0 Å². The number of pyridine rings is 1. The van der Waals surface area contributed by atoms with Gasteiger partial charge >= 0.3 is 0 Å². The van der Waals surface area contributed by atoms with Gasteiger partial charge in [-0.25, -0.2) is 18.4 Å². The van der Waals surface area contributed by atoms with Gasteiger partial charge in [-0.3, -0.25) is 9.59 Å². The highest BCUT2D eigenvalue weighted by molar-refractivity contribution is 7.91. The minimum atomic E-state index is -3.13. The molecule has 0 saturated carbocycles. The molecule has 23 heavy (non-hydrogen) atoms. The van der Waals surface area contributed by atoms with E-state index in [1.165, 1.54) is 6.20 Å². The van der Waals surface area contributed by atoms with Crippen molar-refractivity contribution in [2.75, 3.05) is 16.8 Å². The van der Waals surface area contributed by atoms with Crippen molar-refractivity contribution in [2.45, 2.75) is 19.4 Å². The zero-order valence-corrected chi connectivity index (χ0v) is 13.3. The summed E-state index contributed by atoms with van der Waals surface area (Å²) in [5.74, 6) is -1.76. The summed E-state index contributed by atoms with van der Waals surface area (Å²) in [6.45, 7) is 1.59. The van der Waals surface area contributed by atoms with Gasteiger partial charge in [0.2, 0.25) is 5.91 Å². The van der Waals surface area contributed by atoms with Crippen LogP contribution in [0.5, 0.6) is 0 Å². The standard InChI is InChI=1S/C14H16N4O4S/c1-9-12(13(19)16-11-4-2-3-6-15-11)14(20)18(17-9)10-5-7-23(21,22)8-10/h2-4,6,10,12H,5,7-8H2,1H3,(H,15,16,19)/t10-,12+/m1/s1. The smallest absolute Gasteiger partial charge is 0.261 e. The van der Waals surface area contributed by atoms with Crippen LogP contribution in [0.4, 0.5) is 5.82 Å². The number of sulfone groups is 1. The SMILES string of the molecule is CC1=NN([C@@H]2CCS(=O)(=O)C2)C(=O)[C@@H]1C(=O)Nc1ccccn1. The molecular formula is C14H16N4O4S. The van der Waals surface area contributed by atoms with Gasteiger partial charge < -0.3 is 5.32 Å². The van der Waals surface area contributed by atoms with Crippen molar-refractivity contribution in [3.8, 4) is 0 Å². The summed E-state index contributed by atoms with van der Waals surface area (Å²) < 4.78 is 23.1. The number of hydrogen-bond donors (Lipinski definition) is 1. The van der Waals surface area contributed by atoms with Crippen LogP contribution in [0.2, 0.25) is 0 Å². The zero-order valence-electron chi connectivity index (χ0n) is 12.5. The summed E-state index contributed by atoms with van der Waals surface area (Å²) in [5.41, 5.74) is 0.354. The molecule has 8 nitrogen and oxygen atoms in total. The molecule has 0 spiro atoms. The molecule has 1 saturated heterocycles. The van der Waals surface area contributed by atoms with E-state index in [1.54, 1.807) is 25.1 Å². The first-order valence-corrected chi connectivity index (χ1v) is 9.00. The molecule has 2 atom stereocenters. The van der Waals surface area contributed by atoms with Gasteiger partial charge in [0.25, 0.3) is 5.91 Å². The molecule has 3 heterocycles. The molecule has 2 amide bonds. The van der Waals surface area contributed by atoms with E-state index in [9.17, 15) is 18.0 Å². The lowest BCUT2D eigenvalue weighted by molar-refractivity contribution is -0.137. The lowest BCUT2D eigenvalue weighted by Gasteiger charge is -2.19. The van der Waals surface area contributed by atoms with E-state index in [4.69, 9.17) is 0 Å². The van der Waals surface area contributed by atoms with Crippen molar-refractivity contribution in [3.05, 3.63) is 24.4 Å². The van der Waals surface area contributed by atoms with Crippen LogP contribution in [-0.4, -0.2) is 53.5 Å². The first kappa shape index (κ1) is 15.6. The van der Waals surface area contributed by atoms with E-state index in [0.717, 1.165) is 5.01 Å². The first-order valence-electron chi connectivity index (χ1n) is 7.18. The maximum Gasteiger partial charge on any atom is 0.261 e. The number of nitrogens with one attached hydrogen (secondary N) is 1. The van der Waals surface area contributed by atoms with E-state index < -0.39 is 33.6 Å². The van der Waals surface area contributed by atoms with E-state index in [1.807, 2.05) is 0 Å². The number of rotatable bonds is 3. The molecule has 0 unspecified atom stereocenters. The number of carbonyl (C=O) groups excluding carboxylic acids is 2. The van der Waals surface area contributed by atoms with E-state index in [0.29, 0.717) is 18.0 Å². The Morgan fingerprint density at radius 3 is 2.78 bits per heavy atom. The average molecular weight is 336 g/mol. The summed E-state index contributed by atoms with van der Waals surface area (Å²) in [7, 11) is -3.13. The maximum absolute atomic E-state index is 12.5. The molecule has 0 bridgehead atoms. The van der Waals surface area contributed by atoms with Gasteiger partial charge in [0.05, 0.1) is 23.3 Å². The van der Waals surface area contributed by atoms with Gasteiger partial charge in [-0.1, -0.05) is 6.07 Å². The molecule has 1 aromatic rings. The van der Waals surface area contributed by atoms with Gasteiger partial charge in [0, 0.05) is 6.20 Å². The number of hydrazone groups is 1. The number of nitrogens with zero attached hydrogens (tertiary/aromatic N) is 3. The fourth-order valence-electron chi connectivity index (χ4n) is 2.75. The summed E-state index contributed by atoms with van der Waals surface area (Å²) in [6, 6.07) is 4.56. The monoisotopic (exact) mass is 336 g/mol. The molecule has 2 aliphatic heterocycles. The van der Waals surface area contributed by atoms with Crippen molar-refractivity contribution in [1.82, 2.24) is 9.99 Å². The Balaban J connectivity index is 1.74. The minimum absolute atomic E-state index is 0.0425. The Morgan fingerprint density at radius 2 is 2.17 bits per heavy atom. The third-order valence-corrected chi connectivity index (χ3v) is 5.64. The van der Waals surface area contributed by atoms with Gasteiger partial charge in [-0.2, -0.15) is 5.10 Å². The predicted molar refractivity (Wildman–Crippen MR) is 83.4 cm³/mol. The van der Waals surface area contributed by atoms with Gasteiger partial charge in [0.15, 0.2) is 15.8 Å². The van der Waals surface area contributed by atoms with Crippen LogP contribution in [-0.2, 0) is 19.4 Å². The number of hydrogen-bond acceptors (Lipinski definition) is 6. The fraction of sp³-hybridized carbons (Fsp3) is 0.429. The third-order valence-electron chi connectivity index (χ3n) is 3.89. The first-order chi connectivity index (χ1) is 10.9. The highest BCUT2D eigenvalue weighted by Crippen LogP contribution is 2.25. The Bertz CT molecular complexity index is 775. The number of carbonyl (C=O) groups is 2. The van der Waals surface area contributed by atoms with E-state index in [-0.39, 0.29) is 11.5 Å². The van der Waals surface area contributed by atoms with E-state index >= 15 is 0 Å². The molecule has 0 radical (unpaired) electrons. The fourth-order valence-corrected chi connectivity index (χ4v) is 4.45. The largest absolute Gasteiger partial charge is 0.310 e. The molecule has 122 valence electrons. The minimum Gasteiger partial charge on any atom is -0.310 e. The lowest BCUT2D eigenvalue weighted by Crippen LogP contribution is -2.40. The Kier molecular flexibility index (Phi) is 3.88. The average Bonchev–Trinajstić information content (AvgIpc) is 2.99. The molecule has 1 aromatic heterocycles. The molecule has 3 rings (SSSR count). The molecular weight excluding hydrogens is 320 g/mol. The number of amides is 2. The van der Waals surface area contributed by atoms with Gasteiger partial charge in [0.1, 0.15) is 5.82 Å². The van der Waals surface area contributed by atoms with Crippen LogP contribution in [0.3, 0.4) is 0 Å². The molecule has 1 N–H and O–H groups in total. The highest BCUT2D eigenvalue weighted by Gasteiger charge is 2.44. The third kappa shape index (κ3) is 3.09. The Hall–Kier alpha value is -2.29. The number of aromatic nitrogens is 1. The number of anilines is 1. The highest BCUT2D eigenvalue weighted by atomic mass is 32.2. The normalized spacial score (nSPS) is 26.2. The Morgan fingerprint density at radius 1 is 1.39 bits per heavy atom. The topological polar surface area (TPSA) is 109 Å². The lowest BCUT2D eigenvalue weighted by atomic mass is 10.0. The van der Waals surface area contributed by atoms with Crippen molar-refractivity contribution in [1.29, 1.82) is 0 Å². The summed E-state index contributed by atoms with van der Waals surface area (Å²) in [4.78, 5) is 28.8. The van der Waals surface area contributed by atoms with Crippen LogP contribution in [0.1, 0.15) is 13.3 Å². The van der Waals surface area contributed by atoms with Crippen molar-refractivity contribution in [2.24, 2.45) is 11.0 Å². The van der Waals surface area contributed by atoms with Gasteiger partial charge in [-0.05, 0) is 25.5 Å². The second-order valence-corrected chi connectivity index (χ2v) is 7.85. The maximum atomic E-state index is 12.5. The Labute approximate surface area is 133 Å². The summed E-state index contributed by atoms with van der Waals surface area (Å²) >= 11 is 0. The molecule has 0 aromatic carbocycles. The predicted octanol–water partition coefficient (Wildman–Crippen LogP) is 0.0415. The molecule has 2 aliphatic rings. The zero-order chi connectivity index (χ0) is 16.6. The van der Waals surface area contributed by atoms with Crippen LogP contribution in [0.15, 0.2) is 29.5 Å². The van der Waals surface area contributed by atoms with Crippen molar-refractivity contribution < 1.29 is 18.0 Å². The van der Waals surface area contributed by atoms with E-state index in [2.05, 4.69) is 15.4 Å². The van der Waals surface area contributed by atoms with Crippen molar-refractivity contribution >= 4 is 33.2 Å². The van der Waals surface area contributed by atoms with Crippen LogP contribution < -0.4 is 5.32 Å². The molecule has 0 aliphatic carbocycles. The molecule has 1 fully saturated rings. The van der Waals surface area contributed by atoms with Crippen LogP contribution in [0, 0.1) is 5.92 Å². The second kappa shape index (κ2) is 5.73.